The second kappa shape index (κ2) is 9.30. The molecular formula is C24H29FN4O. The van der Waals surface area contributed by atoms with Crippen LogP contribution in [0.4, 0.5) is 4.39 Å². The van der Waals surface area contributed by atoms with E-state index < -0.39 is 0 Å². The molecule has 1 aromatic heterocycles. The summed E-state index contributed by atoms with van der Waals surface area (Å²) >= 11 is 0. The van der Waals surface area contributed by atoms with Crippen molar-refractivity contribution in [2.75, 3.05) is 33.4 Å². The zero-order valence-corrected chi connectivity index (χ0v) is 17.4. The van der Waals surface area contributed by atoms with Crippen LogP contribution in [-0.2, 0) is 16.6 Å². The number of aromatic nitrogens is 1. The van der Waals surface area contributed by atoms with Gasteiger partial charge in [0, 0.05) is 55.9 Å². The second-order valence-corrected chi connectivity index (χ2v) is 7.87. The average Bonchev–Trinajstić information content (AvgIpc) is 3.19. The number of rotatable bonds is 6. The quantitative estimate of drug-likeness (QED) is 0.430. The number of aliphatic imine (C=N–C) groups is 1. The summed E-state index contributed by atoms with van der Waals surface area (Å²) in [6.07, 6.45) is 4.71. The fraction of sp³-hybridized carbons (Fsp3) is 0.375. The van der Waals surface area contributed by atoms with Crippen LogP contribution in [-0.4, -0.2) is 44.3 Å². The molecule has 2 heterocycles. The van der Waals surface area contributed by atoms with Crippen LogP contribution in [0.3, 0.4) is 0 Å². The molecule has 1 saturated heterocycles. The van der Waals surface area contributed by atoms with Gasteiger partial charge in [-0.05, 0) is 48.6 Å². The first-order valence-corrected chi connectivity index (χ1v) is 10.5. The normalized spacial score (nSPS) is 16.5. The molecule has 4 rings (SSSR count). The lowest BCUT2D eigenvalue weighted by Gasteiger charge is -2.38. The third kappa shape index (κ3) is 4.49. The molecule has 0 unspecified atom stereocenters. The topological polar surface area (TPSA) is 61.4 Å². The van der Waals surface area contributed by atoms with Crippen LogP contribution in [0.5, 0.6) is 0 Å². The minimum atomic E-state index is -0.212. The zero-order valence-electron chi connectivity index (χ0n) is 17.4. The summed E-state index contributed by atoms with van der Waals surface area (Å²) < 4.78 is 19.2. The van der Waals surface area contributed by atoms with Gasteiger partial charge in [-0.3, -0.25) is 4.99 Å². The molecule has 1 fully saturated rings. The molecule has 3 aromatic rings. The molecule has 1 aliphatic heterocycles. The summed E-state index contributed by atoms with van der Waals surface area (Å²) in [6.45, 7) is 3.07. The lowest BCUT2D eigenvalue weighted by molar-refractivity contribution is 0.0514. The van der Waals surface area contributed by atoms with Gasteiger partial charge in [0.15, 0.2) is 5.96 Å². The monoisotopic (exact) mass is 408 g/mol. The number of ether oxygens (including phenoxy) is 1. The highest BCUT2D eigenvalue weighted by molar-refractivity contribution is 5.83. The molecular weight excluding hydrogens is 379 g/mol. The van der Waals surface area contributed by atoms with Crippen LogP contribution in [0.25, 0.3) is 10.9 Å². The largest absolute Gasteiger partial charge is 0.381 e. The van der Waals surface area contributed by atoms with E-state index in [9.17, 15) is 4.39 Å². The maximum atomic E-state index is 13.6. The Hall–Kier alpha value is -2.86. The Labute approximate surface area is 176 Å². The van der Waals surface area contributed by atoms with Crippen molar-refractivity contribution in [2.45, 2.75) is 24.7 Å². The Morgan fingerprint density at radius 3 is 2.70 bits per heavy atom. The van der Waals surface area contributed by atoms with Gasteiger partial charge in [-0.15, -0.1) is 0 Å². The van der Waals surface area contributed by atoms with Crippen LogP contribution in [0.15, 0.2) is 59.7 Å². The molecule has 2 aromatic carbocycles. The lowest BCUT2D eigenvalue weighted by atomic mass is 9.74. The van der Waals surface area contributed by atoms with Gasteiger partial charge in [0.05, 0.1) is 0 Å². The van der Waals surface area contributed by atoms with Gasteiger partial charge in [-0.1, -0.05) is 30.3 Å². The molecule has 1 aliphatic rings. The molecule has 0 bridgehead atoms. The molecule has 0 spiro atoms. The van der Waals surface area contributed by atoms with E-state index in [1.54, 1.807) is 19.2 Å². The van der Waals surface area contributed by atoms with E-state index >= 15 is 0 Å². The number of guanidine groups is 1. The van der Waals surface area contributed by atoms with E-state index in [0.717, 1.165) is 61.4 Å². The number of hydrogen-bond donors (Lipinski definition) is 3. The number of benzene rings is 2. The van der Waals surface area contributed by atoms with Crippen molar-refractivity contribution in [3.8, 4) is 0 Å². The summed E-state index contributed by atoms with van der Waals surface area (Å²) in [4.78, 5) is 7.59. The second-order valence-electron chi connectivity index (χ2n) is 7.87. The van der Waals surface area contributed by atoms with Crippen molar-refractivity contribution in [3.63, 3.8) is 0 Å². The van der Waals surface area contributed by atoms with Crippen molar-refractivity contribution < 1.29 is 9.13 Å². The smallest absolute Gasteiger partial charge is 0.191 e. The maximum Gasteiger partial charge on any atom is 0.191 e. The van der Waals surface area contributed by atoms with Crippen LogP contribution < -0.4 is 10.6 Å². The maximum absolute atomic E-state index is 13.6. The fourth-order valence-corrected chi connectivity index (χ4v) is 4.27. The van der Waals surface area contributed by atoms with Gasteiger partial charge in [0.25, 0.3) is 0 Å². The van der Waals surface area contributed by atoms with Crippen molar-refractivity contribution in [1.82, 2.24) is 15.6 Å². The first kappa shape index (κ1) is 20.4. The molecule has 5 nitrogen and oxygen atoms in total. The van der Waals surface area contributed by atoms with Crippen molar-refractivity contribution >= 4 is 16.9 Å². The van der Waals surface area contributed by atoms with Gasteiger partial charge >= 0.3 is 0 Å². The lowest BCUT2D eigenvalue weighted by Crippen LogP contribution is -2.48. The van der Waals surface area contributed by atoms with Crippen molar-refractivity contribution in [1.29, 1.82) is 0 Å². The molecule has 30 heavy (non-hydrogen) atoms. The highest BCUT2D eigenvalue weighted by Crippen LogP contribution is 2.34. The number of halogens is 1. The zero-order chi connectivity index (χ0) is 20.8. The van der Waals surface area contributed by atoms with Gasteiger partial charge in [0.1, 0.15) is 5.82 Å². The molecule has 0 amide bonds. The predicted molar refractivity (Wildman–Crippen MR) is 119 cm³/mol. The van der Waals surface area contributed by atoms with Gasteiger partial charge in [-0.25, -0.2) is 4.39 Å². The molecule has 0 radical (unpaired) electrons. The number of H-pyrrole nitrogens is 1. The summed E-state index contributed by atoms with van der Waals surface area (Å²) in [5, 5.41) is 7.85. The fourth-order valence-electron chi connectivity index (χ4n) is 4.27. The summed E-state index contributed by atoms with van der Waals surface area (Å²) in [5.74, 6) is 0.569. The summed E-state index contributed by atoms with van der Waals surface area (Å²) in [7, 11) is 1.79. The van der Waals surface area contributed by atoms with Crippen LogP contribution in [0, 0.1) is 5.82 Å². The minimum Gasteiger partial charge on any atom is -0.381 e. The third-order valence-corrected chi connectivity index (χ3v) is 6.07. The minimum absolute atomic E-state index is 0.0471. The van der Waals surface area contributed by atoms with Crippen molar-refractivity contribution in [2.24, 2.45) is 4.99 Å². The van der Waals surface area contributed by atoms with E-state index in [2.05, 4.69) is 50.9 Å². The van der Waals surface area contributed by atoms with Gasteiger partial charge in [0.2, 0.25) is 0 Å². The molecule has 0 aliphatic carbocycles. The molecule has 158 valence electrons. The number of hydrogen-bond acceptors (Lipinski definition) is 2. The molecule has 0 saturated carbocycles. The van der Waals surface area contributed by atoms with E-state index in [0.29, 0.717) is 6.54 Å². The van der Waals surface area contributed by atoms with E-state index in [1.165, 1.54) is 11.6 Å². The van der Waals surface area contributed by atoms with Gasteiger partial charge < -0.3 is 20.4 Å². The Morgan fingerprint density at radius 2 is 1.93 bits per heavy atom. The summed E-state index contributed by atoms with van der Waals surface area (Å²) in [6, 6.07) is 15.5. The average molecular weight is 409 g/mol. The van der Waals surface area contributed by atoms with Crippen LogP contribution >= 0.6 is 0 Å². The Morgan fingerprint density at radius 1 is 1.13 bits per heavy atom. The summed E-state index contributed by atoms with van der Waals surface area (Å²) in [5.41, 5.74) is 3.44. The number of fused-ring (bicyclic) bond motifs is 1. The van der Waals surface area contributed by atoms with E-state index in [-0.39, 0.29) is 11.2 Å². The number of nitrogens with one attached hydrogen (secondary N) is 3. The number of nitrogens with zero attached hydrogens (tertiary/aromatic N) is 1. The van der Waals surface area contributed by atoms with Crippen LogP contribution in [0.2, 0.25) is 0 Å². The third-order valence-electron chi connectivity index (χ3n) is 6.07. The standard InChI is InChI=1S/C24H29FN4O/c1-26-23(27-12-9-18-16-28-22-8-7-20(25)15-21(18)22)29-17-24(10-13-30-14-11-24)19-5-3-2-4-6-19/h2-8,15-16,28H,9-14,17H2,1H3,(H2,26,27,29). The molecule has 6 heteroatoms. The van der Waals surface area contributed by atoms with Crippen LogP contribution in [0.1, 0.15) is 24.0 Å². The van der Waals surface area contributed by atoms with Crippen molar-refractivity contribution in [3.05, 3.63) is 71.7 Å². The number of aromatic amines is 1. The molecule has 3 N–H and O–H groups in total. The van der Waals surface area contributed by atoms with Gasteiger partial charge in [-0.2, -0.15) is 0 Å². The first-order chi connectivity index (χ1) is 14.7. The Balaban J connectivity index is 1.36. The van der Waals surface area contributed by atoms with E-state index in [4.69, 9.17) is 4.74 Å². The molecule has 0 atom stereocenters. The Bertz CT molecular complexity index is 993. The first-order valence-electron chi connectivity index (χ1n) is 10.5. The highest BCUT2D eigenvalue weighted by atomic mass is 19.1. The Kier molecular flexibility index (Phi) is 6.33. The highest BCUT2D eigenvalue weighted by Gasteiger charge is 2.34. The van der Waals surface area contributed by atoms with E-state index in [1.807, 2.05) is 6.20 Å². The predicted octanol–water partition coefficient (Wildman–Crippen LogP) is 3.76. The SMILES string of the molecule is CN=C(NCCc1c[nH]c2ccc(F)cc12)NCC1(c2ccccc2)CCOCC1.